The zero-order chi connectivity index (χ0) is 30.7. The van der Waals surface area contributed by atoms with Crippen molar-refractivity contribution in [1.82, 2.24) is 29.2 Å². The molecule has 5 heterocycles. The summed E-state index contributed by atoms with van der Waals surface area (Å²) in [6.07, 6.45) is 3.93. The fraction of sp³-hybridized carbons (Fsp3) is 0.517. The molecule has 3 aromatic rings. The first-order valence-electron chi connectivity index (χ1n) is 14.3. The predicted octanol–water partition coefficient (Wildman–Crippen LogP) is 2.85. The number of piperazine rings is 1. The Hall–Kier alpha value is -4.38. The molecule has 1 N–H and O–H groups in total. The number of imidazole rings is 1. The van der Waals surface area contributed by atoms with Crippen molar-refractivity contribution in [2.24, 2.45) is 0 Å². The lowest BCUT2D eigenvalue weighted by atomic mass is 10.1. The normalized spacial score (nSPS) is 18.0. The second kappa shape index (κ2) is 12.5. The topological polar surface area (TPSA) is 132 Å². The molecule has 0 aliphatic carbocycles. The number of aromatic nitrogens is 4. The van der Waals surface area contributed by atoms with Crippen LogP contribution >= 0.6 is 0 Å². The molecule has 2 aliphatic rings. The molecule has 0 aromatic carbocycles. The molecule has 2 fully saturated rings. The Labute approximate surface area is 248 Å². The average Bonchev–Trinajstić information content (AvgIpc) is 3.37. The number of rotatable bonds is 7. The highest BCUT2D eigenvalue weighted by Crippen LogP contribution is 2.30. The van der Waals surface area contributed by atoms with E-state index in [-0.39, 0.29) is 48.3 Å². The van der Waals surface area contributed by atoms with E-state index in [4.69, 9.17) is 10.00 Å². The van der Waals surface area contributed by atoms with Crippen molar-refractivity contribution >= 4 is 29.2 Å². The fourth-order valence-corrected chi connectivity index (χ4v) is 5.34. The van der Waals surface area contributed by atoms with Crippen LogP contribution in [0.25, 0.3) is 17.2 Å². The van der Waals surface area contributed by atoms with E-state index in [9.17, 15) is 14.0 Å². The lowest BCUT2D eigenvalue weighted by Crippen LogP contribution is -2.49. The molecule has 0 bridgehead atoms. The molecular formula is C29H35F2N9O3. The molecule has 0 saturated carbocycles. The quantitative estimate of drug-likeness (QED) is 0.407. The highest BCUT2D eigenvalue weighted by molar-refractivity contribution is 5.78. The van der Waals surface area contributed by atoms with E-state index in [1.54, 1.807) is 9.80 Å². The Kier molecular flexibility index (Phi) is 8.72. The average molecular weight is 596 g/mol. The zero-order valence-electron chi connectivity index (χ0n) is 24.5. The summed E-state index contributed by atoms with van der Waals surface area (Å²) in [5, 5.41) is 12.1. The van der Waals surface area contributed by atoms with E-state index in [0.717, 1.165) is 0 Å². The number of carbonyl (C=O) groups is 2. The number of nitriles is 1. The second-order valence-electron chi connectivity index (χ2n) is 11.8. The number of hydrogen-bond acceptors (Lipinski definition) is 10. The van der Waals surface area contributed by atoms with Crippen molar-refractivity contribution in [2.75, 3.05) is 56.0 Å². The number of hydrogen-bond donors (Lipinski definition) is 1. The molecule has 14 heteroatoms. The molecule has 12 nitrogen and oxygen atoms in total. The van der Waals surface area contributed by atoms with Gasteiger partial charge in [0.25, 0.3) is 0 Å². The first-order valence-corrected chi connectivity index (χ1v) is 14.3. The van der Waals surface area contributed by atoms with Crippen LogP contribution in [0.5, 0.6) is 0 Å². The van der Waals surface area contributed by atoms with Gasteiger partial charge in [-0.2, -0.15) is 9.65 Å². The standard InChI is InChI=1S/C29H35F2N9O3/c1-29(2,3)43-24(42)18-37-11-13-38(14-12-37)28-25(31)27(34-20-5-4-10-39(17-20)23(41)8-9-32)35-26(36-28)21-15-33-22-7-6-19(30)16-40(21)22/h6-7,15-16,20H,4-5,8,10-14,17-18H2,1-3H3,(H,34,35,36)/t20-/m1/s1. The number of ether oxygens (including phenoxy) is 1. The summed E-state index contributed by atoms with van der Waals surface area (Å²) in [6, 6.07) is 4.42. The smallest absolute Gasteiger partial charge is 0.320 e. The molecule has 0 spiro atoms. The third-order valence-corrected chi connectivity index (χ3v) is 7.32. The Balaban J connectivity index is 1.42. The number of esters is 1. The van der Waals surface area contributed by atoms with Crippen LogP contribution in [0.3, 0.4) is 0 Å². The van der Waals surface area contributed by atoms with Gasteiger partial charge in [-0.15, -0.1) is 0 Å². The Morgan fingerprint density at radius 3 is 2.63 bits per heavy atom. The maximum atomic E-state index is 16.2. The number of amides is 1. The summed E-state index contributed by atoms with van der Waals surface area (Å²) in [7, 11) is 0. The van der Waals surface area contributed by atoms with Gasteiger partial charge in [-0.05, 0) is 45.7 Å². The number of anilines is 2. The van der Waals surface area contributed by atoms with Crippen molar-refractivity contribution in [3.8, 4) is 17.6 Å². The number of pyridine rings is 1. The van der Waals surface area contributed by atoms with Gasteiger partial charge in [0.2, 0.25) is 11.7 Å². The molecule has 43 heavy (non-hydrogen) atoms. The first-order chi connectivity index (χ1) is 20.5. The van der Waals surface area contributed by atoms with Crippen LogP contribution < -0.4 is 10.2 Å². The Morgan fingerprint density at radius 2 is 1.91 bits per heavy atom. The summed E-state index contributed by atoms with van der Waals surface area (Å²) >= 11 is 0. The van der Waals surface area contributed by atoms with Crippen LogP contribution in [0, 0.1) is 23.0 Å². The van der Waals surface area contributed by atoms with E-state index in [1.807, 2.05) is 31.7 Å². The predicted molar refractivity (Wildman–Crippen MR) is 154 cm³/mol. The Bertz CT molecular complexity index is 1540. The van der Waals surface area contributed by atoms with E-state index >= 15 is 4.39 Å². The van der Waals surface area contributed by atoms with Crippen molar-refractivity contribution in [3.05, 3.63) is 36.2 Å². The van der Waals surface area contributed by atoms with Gasteiger partial charge in [0.15, 0.2) is 17.5 Å². The van der Waals surface area contributed by atoms with Crippen LogP contribution in [-0.2, 0) is 14.3 Å². The number of nitrogens with one attached hydrogen (secondary N) is 1. The third-order valence-electron chi connectivity index (χ3n) is 7.32. The molecule has 1 atom stereocenters. The van der Waals surface area contributed by atoms with Crippen molar-refractivity contribution in [2.45, 2.75) is 51.7 Å². The van der Waals surface area contributed by atoms with Gasteiger partial charge in [0.05, 0.1) is 18.8 Å². The SMILES string of the molecule is CC(C)(C)OC(=O)CN1CCN(c2nc(-c3cnc4ccc(F)cn34)nc(N[C@@H]3CCCN(C(=O)CC#N)C3)c2F)CC1. The first kappa shape index (κ1) is 30.1. The van der Waals surface area contributed by atoms with Crippen LogP contribution in [0.1, 0.15) is 40.0 Å². The molecule has 2 saturated heterocycles. The summed E-state index contributed by atoms with van der Waals surface area (Å²) in [5.74, 6) is -1.52. The van der Waals surface area contributed by atoms with Gasteiger partial charge in [-0.1, -0.05) is 0 Å². The number of halogens is 2. The van der Waals surface area contributed by atoms with Crippen LogP contribution in [0.4, 0.5) is 20.4 Å². The largest absolute Gasteiger partial charge is 0.459 e. The van der Waals surface area contributed by atoms with Gasteiger partial charge >= 0.3 is 5.97 Å². The zero-order valence-corrected chi connectivity index (χ0v) is 24.5. The lowest BCUT2D eigenvalue weighted by Gasteiger charge is -2.36. The van der Waals surface area contributed by atoms with Crippen molar-refractivity contribution in [1.29, 1.82) is 5.26 Å². The maximum Gasteiger partial charge on any atom is 0.320 e. The lowest BCUT2D eigenvalue weighted by molar-refractivity contribution is -0.156. The molecular weight excluding hydrogens is 560 g/mol. The minimum atomic E-state index is -0.648. The molecule has 0 radical (unpaired) electrons. The molecule has 228 valence electrons. The van der Waals surface area contributed by atoms with Crippen LogP contribution in [0.15, 0.2) is 24.5 Å². The number of carbonyl (C=O) groups excluding carboxylic acids is 2. The number of likely N-dealkylation sites (tertiary alicyclic amines) is 1. The number of fused-ring (bicyclic) bond motifs is 1. The monoisotopic (exact) mass is 595 g/mol. The molecule has 3 aromatic heterocycles. The minimum absolute atomic E-state index is 0.0397. The van der Waals surface area contributed by atoms with Crippen molar-refractivity contribution in [3.63, 3.8) is 0 Å². The number of piperidine rings is 1. The van der Waals surface area contributed by atoms with Gasteiger partial charge in [-0.3, -0.25) is 18.9 Å². The summed E-state index contributed by atoms with van der Waals surface area (Å²) in [6.45, 7) is 8.19. The summed E-state index contributed by atoms with van der Waals surface area (Å²) < 4.78 is 37.3. The molecule has 0 unspecified atom stereocenters. The van der Waals surface area contributed by atoms with Crippen LogP contribution in [-0.4, -0.2) is 98.5 Å². The summed E-state index contributed by atoms with van der Waals surface area (Å²) in [4.78, 5) is 43.4. The molecule has 1 amide bonds. The minimum Gasteiger partial charge on any atom is -0.459 e. The van der Waals surface area contributed by atoms with Gasteiger partial charge in [-0.25, -0.2) is 19.3 Å². The fourth-order valence-electron chi connectivity index (χ4n) is 5.34. The Morgan fingerprint density at radius 1 is 1.14 bits per heavy atom. The summed E-state index contributed by atoms with van der Waals surface area (Å²) in [5.41, 5.74) is 0.286. The van der Waals surface area contributed by atoms with Crippen molar-refractivity contribution < 1.29 is 23.1 Å². The van der Waals surface area contributed by atoms with E-state index in [0.29, 0.717) is 63.5 Å². The van der Waals surface area contributed by atoms with Crippen LogP contribution in [0.2, 0.25) is 0 Å². The third kappa shape index (κ3) is 7.16. The molecule has 2 aliphatic heterocycles. The van der Waals surface area contributed by atoms with E-state index < -0.39 is 17.2 Å². The second-order valence-corrected chi connectivity index (χ2v) is 11.8. The highest BCUT2D eigenvalue weighted by atomic mass is 19.1. The highest BCUT2D eigenvalue weighted by Gasteiger charge is 2.29. The van der Waals surface area contributed by atoms with Gasteiger partial charge < -0.3 is 19.9 Å². The number of nitrogens with zero attached hydrogens (tertiary/aromatic N) is 8. The van der Waals surface area contributed by atoms with E-state index in [1.165, 1.54) is 28.9 Å². The molecule has 5 rings (SSSR count). The maximum absolute atomic E-state index is 16.2. The van der Waals surface area contributed by atoms with E-state index in [2.05, 4.69) is 20.3 Å². The van der Waals surface area contributed by atoms with Gasteiger partial charge in [0.1, 0.15) is 29.2 Å². The van der Waals surface area contributed by atoms with Gasteiger partial charge in [0, 0.05) is 51.5 Å².